The smallest absolute Gasteiger partial charge is 0.483 e. The zero-order valence-electron chi connectivity index (χ0n) is 55.2. The van der Waals surface area contributed by atoms with Crippen molar-refractivity contribution in [1.29, 1.82) is 0 Å². The highest BCUT2D eigenvalue weighted by molar-refractivity contribution is 5.86. The molecule has 3 fully saturated rings. The summed E-state index contributed by atoms with van der Waals surface area (Å²) in [6.07, 6.45) is 6.34. The number of aryl methyl sites for hydroxylation is 2. The highest BCUT2D eigenvalue weighted by atomic mass is 19.4. The largest absolute Gasteiger partial charge is 0.490 e. The van der Waals surface area contributed by atoms with Crippen LogP contribution in [0.2, 0.25) is 0 Å². The number of carbonyl (C=O) groups excluding carboxylic acids is 3. The molecule has 99 heavy (non-hydrogen) atoms. The second-order valence-electron chi connectivity index (χ2n) is 23.6. The van der Waals surface area contributed by atoms with E-state index in [4.69, 9.17) is 44.0 Å². The molecule has 8 N–H and O–H groups in total. The van der Waals surface area contributed by atoms with Gasteiger partial charge in [-0.2, -0.15) is 26.3 Å². The van der Waals surface area contributed by atoms with Crippen LogP contribution in [0.15, 0.2) is 97.6 Å². The number of hydrogen-bond donors (Lipinski definition) is 8. The van der Waals surface area contributed by atoms with Crippen LogP contribution in [0.3, 0.4) is 0 Å². The zero-order chi connectivity index (χ0) is 71.7. The molecule has 11 rings (SSSR count). The van der Waals surface area contributed by atoms with Crippen LogP contribution in [0.25, 0.3) is 0 Å². The summed E-state index contributed by atoms with van der Waals surface area (Å²) in [6.45, 7) is 9.17. The van der Waals surface area contributed by atoms with E-state index >= 15 is 0 Å². The van der Waals surface area contributed by atoms with Crippen molar-refractivity contribution in [3.63, 3.8) is 0 Å². The maximum atomic E-state index is 13.2. The Kier molecular flexibility index (Phi) is 28.3. The number of esters is 1. The zero-order valence-corrected chi connectivity index (χ0v) is 55.2. The topological polar surface area (TPSA) is 338 Å². The maximum absolute atomic E-state index is 13.2. The first-order chi connectivity index (χ1) is 47.4. The Balaban J connectivity index is 0.000000234. The van der Waals surface area contributed by atoms with Crippen LogP contribution in [0.5, 0.6) is 0 Å². The lowest BCUT2D eigenvalue weighted by molar-refractivity contribution is -0.192. The Morgan fingerprint density at radius 3 is 1.56 bits per heavy atom. The number of pyridine rings is 2. The van der Waals surface area contributed by atoms with Crippen molar-refractivity contribution in [3.8, 4) is 0 Å². The maximum Gasteiger partial charge on any atom is 0.490 e. The van der Waals surface area contributed by atoms with Gasteiger partial charge < -0.3 is 65.9 Å². The molecule has 4 aromatic heterocycles. The van der Waals surface area contributed by atoms with E-state index in [0.29, 0.717) is 36.3 Å². The van der Waals surface area contributed by atoms with Crippen molar-refractivity contribution in [3.05, 3.63) is 142 Å². The normalized spacial score (nSPS) is 16.5. The fraction of sp³-hybridized carbons (Fsp3) is 0.463. The highest BCUT2D eigenvalue weighted by Crippen LogP contribution is 2.37. The van der Waals surface area contributed by atoms with Gasteiger partial charge in [-0.15, -0.1) is 0 Å². The number of carboxylic acid groups (broad SMARTS) is 3. The Labute approximate surface area is 567 Å². The van der Waals surface area contributed by atoms with Gasteiger partial charge in [0.15, 0.2) is 11.8 Å². The van der Waals surface area contributed by atoms with E-state index in [-0.39, 0.29) is 32.8 Å². The Hall–Kier alpha value is -10.3. The number of cyclic esters (lactones) is 1. The van der Waals surface area contributed by atoms with Gasteiger partial charge in [-0.3, -0.25) is 9.69 Å². The molecule has 0 aliphatic carbocycles. The molecule has 5 aliphatic heterocycles. The predicted octanol–water partition coefficient (Wildman–Crippen LogP) is 10.4. The molecule has 0 spiro atoms. The number of nitrogens with zero attached hydrogens (tertiary/aromatic N) is 9. The Morgan fingerprint density at radius 2 is 1.13 bits per heavy atom. The molecule has 32 heteroatoms. The minimum absolute atomic E-state index is 0.0534. The number of alkyl carbamates (subject to hydrolysis) is 1. The van der Waals surface area contributed by atoms with Crippen molar-refractivity contribution < 1.29 is 84.6 Å². The van der Waals surface area contributed by atoms with Crippen LogP contribution < -0.4 is 36.4 Å². The summed E-state index contributed by atoms with van der Waals surface area (Å²) < 4.78 is 77.1. The van der Waals surface area contributed by atoms with Gasteiger partial charge in [0.25, 0.3) is 6.47 Å². The molecule has 5 aliphatic rings. The van der Waals surface area contributed by atoms with Gasteiger partial charge in [-0.1, -0.05) is 86.6 Å². The van der Waals surface area contributed by atoms with Crippen molar-refractivity contribution in [2.24, 2.45) is 0 Å². The summed E-state index contributed by atoms with van der Waals surface area (Å²) in [7, 11) is 0. The first kappa shape index (κ1) is 76.1. The van der Waals surface area contributed by atoms with Gasteiger partial charge in [0.1, 0.15) is 66.8 Å². The summed E-state index contributed by atoms with van der Waals surface area (Å²) in [5.41, 5.74) is 7.35. The van der Waals surface area contributed by atoms with Gasteiger partial charge in [-0.05, 0) is 112 Å². The lowest BCUT2D eigenvalue weighted by Gasteiger charge is -2.34. The summed E-state index contributed by atoms with van der Waals surface area (Å²) >= 11 is 0. The lowest BCUT2D eigenvalue weighted by atomic mass is 9.92. The number of ether oxygens (including phenoxy) is 3. The number of carbonyl (C=O) groups is 6. The molecule has 26 nitrogen and oxygen atoms in total. The fourth-order valence-corrected chi connectivity index (χ4v) is 11.9. The molecule has 0 saturated carbocycles. The van der Waals surface area contributed by atoms with Crippen molar-refractivity contribution in [2.45, 2.75) is 148 Å². The van der Waals surface area contributed by atoms with Crippen LogP contribution in [-0.4, -0.2) is 170 Å². The van der Waals surface area contributed by atoms with Gasteiger partial charge in [0.2, 0.25) is 0 Å². The average molecular weight is 1390 g/mol. The number of hydrogen-bond acceptors (Lipinski definition) is 21. The van der Waals surface area contributed by atoms with Crippen LogP contribution in [0.4, 0.5) is 70.8 Å². The number of aromatic nitrogens is 6. The Bertz CT molecular complexity index is 3630. The molecule has 2 atom stereocenters. The molecule has 2 aromatic carbocycles. The summed E-state index contributed by atoms with van der Waals surface area (Å²) in [4.78, 5) is 102. The van der Waals surface area contributed by atoms with Gasteiger partial charge >= 0.3 is 42.9 Å². The lowest BCUT2D eigenvalue weighted by Crippen LogP contribution is -2.50. The quantitative estimate of drug-likeness (QED) is 0.0172. The molecule has 534 valence electrons. The number of carboxylic acids is 2. The highest BCUT2D eigenvalue weighted by Gasteiger charge is 2.51. The average Bonchev–Trinajstić information content (AvgIpc) is 1.70. The third-order valence-electron chi connectivity index (χ3n) is 16.7. The molecule has 0 radical (unpaired) electrons. The third-order valence-corrected chi connectivity index (χ3v) is 16.7. The minimum atomic E-state index is -5.08. The number of aliphatic carboxylic acids is 2. The molecular weight excluding hydrogens is 1310 g/mol. The van der Waals surface area contributed by atoms with Crippen LogP contribution in [-0.2, 0) is 72.3 Å². The van der Waals surface area contributed by atoms with E-state index in [2.05, 4.69) is 87.5 Å². The number of benzene rings is 2. The molecule has 2 amide bonds. The summed E-state index contributed by atoms with van der Waals surface area (Å²) in [6, 6.07) is 25.4. The van der Waals surface area contributed by atoms with Crippen molar-refractivity contribution >= 4 is 71.5 Å². The van der Waals surface area contributed by atoms with Crippen LogP contribution >= 0.6 is 0 Å². The summed E-state index contributed by atoms with van der Waals surface area (Å²) in [5.74, 6) is 1.44. The van der Waals surface area contributed by atoms with Gasteiger partial charge in [-0.25, -0.2) is 53.9 Å². The van der Waals surface area contributed by atoms with Crippen molar-refractivity contribution in [1.82, 2.24) is 40.1 Å². The van der Waals surface area contributed by atoms with E-state index in [9.17, 15) is 50.6 Å². The molecule has 0 unspecified atom stereocenters. The van der Waals surface area contributed by atoms with E-state index < -0.39 is 60.8 Å². The van der Waals surface area contributed by atoms with Crippen LogP contribution in [0.1, 0.15) is 123 Å². The van der Waals surface area contributed by atoms with Gasteiger partial charge in [0.05, 0.1) is 0 Å². The second-order valence-corrected chi connectivity index (χ2v) is 23.6. The molecule has 9 heterocycles. The van der Waals surface area contributed by atoms with Crippen LogP contribution in [0, 0.1) is 0 Å². The first-order valence-corrected chi connectivity index (χ1v) is 32.3. The molecule has 6 aromatic rings. The van der Waals surface area contributed by atoms with Crippen molar-refractivity contribution in [2.75, 3.05) is 83.4 Å². The Morgan fingerprint density at radius 1 is 0.697 bits per heavy atom. The molecular formula is C67H82F6N14O12. The third kappa shape index (κ3) is 22.1. The molecule has 0 bridgehead atoms. The monoisotopic (exact) mass is 1390 g/mol. The predicted molar refractivity (Wildman–Crippen MR) is 353 cm³/mol. The van der Waals surface area contributed by atoms with Gasteiger partial charge in [0, 0.05) is 86.7 Å². The first-order valence-electron chi connectivity index (χ1n) is 32.3. The number of amides is 2. The van der Waals surface area contributed by atoms with E-state index in [1.807, 2.05) is 67.6 Å². The molecule has 3 saturated heterocycles. The number of piperidine rings is 2. The number of fused-ring (bicyclic) bond motifs is 2. The second kappa shape index (κ2) is 36.9. The number of nitrogens with one attached hydrogen (secondary N) is 5. The number of rotatable bonds is 18. The minimum Gasteiger partial charge on any atom is -0.483 e. The van der Waals surface area contributed by atoms with E-state index in [1.54, 1.807) is 20.2 Å². The van der Waals surface area contributed by atoms with E-state index in [0.717, 1.165) is 148 Å². The number of anilines is 6. The standard InChI is InChI=1S/C33H41N7O4.C30H37N7O4.C2HF3O2.CHF3.CH2O2/c1-4-25-29(35-19-27-31(41)44-33(2,3)40(27)32(42)43-20-22-9-6-5-7-10-22)36-21-37-30(25)39-17-14-23(15-18-39)26-13-12-24-11-8-16-34-28(24)38-26;1-2-23-27(32-17-25(29(38)39)36-30(40)41-18-20-7-4-3-5-8-20)33-19-34-28(23)37-15-12-21(13-16-37)24-11-10-22-9-6-14-31-26(22)35-24;3-2(4,5)1(6)7;2-1(3)4;2-1-3/h5-7,9-10,12-13,21,23,27H,4,8,11,14-20H2,1-3H3,(H,34,38)(H,35,36,37);3-5,7-8,10-11,19,21,25H,2,6,9,12-18H2,1H3,(H,31,35)(H,36,40)(H,38,39)(H,32,33,34);(H,6,7);1H;1H,(H,2,3)/t27-;25-;;;/m00.../s1. The number of halogens is 6. The SMILES string of the molecule is CCc1c(NC[C@H](NC(=O)OCc2ccccc2)C(=O)O)ncnc1N1CCC(c2ccc3c(n2)NCCC3)CC1.CCc1c(NC[C@H]2C(=O)OC(C)(C)N2C(=O)OCc2ccccc2)ncnc1N1CCC(c2ccc3c(n2)NCCC3)CC1.FC(F)F.O=C(O)C(F)(F)F.O=CO. The van der Waals surface area contributed by atoms with E-state index in [1.165, 1.54) is 22.4 Å². The summed E-state index contributed by atoms with van der Waals surface area (Å²) in [5, 5.41) is 39.5. The number of alkyl halides is 6. The fourth-order valence-electron chi connectivity index (χ4n) is 11.9.